The van der Waals surface area contributed by atoms with Crippen LogP contribution in [0, 0.1) is 5.82 Å². The Morgan fingerprint density at radius 3 is 2.70 bits per heavy atom. The molecule has 1 aromatic carbocycles. The summed E-state index contributed by atoms with van der Waals surface area (Å²) in [5.41, 5.74) is 0.457. The SMILES string of the molecule is CCC1NC(c2ccccc2F)N(CCS(C)=O)C1=O. The van der Waals surface area contributed by atoms with E-state index >= 15 is 0 Å². The maximum atomic E-state index is 13.9. The molecular weight excluding hydrogens is 279 g/mol. The van der Waals surface area contributed by atoms with E-state index in [1.54, 1.807) is 29.4 Å². The summed E-state index contributed by atoms with van der Waals surface area (Å²) < 4.78 is 25.2. The van der Waals surface area contributed by atoms with Gasteiger partial charge in [-0.05, 0) is 12.5 Å². The van der Waals surface area contributed by atoms with Crippen LogP contribution in [0.4, 0.5) is 4.39 Å². The minimum absolute atomic E-state index is 0.0498. The molecule has 3 atom stereocenters. The van der Waals surface area contributed by atoms with Crippen molar-refractivity contribution in [1.29, 1.82) is 0 Å². The van der Waals surface area contributed by atoms with Crippen LogP contribution in [0.5, 0.6) is 0 Å². The van der Waals surface area contributed by atoms with E-state index in [1.165, 1.54) is 6.07 Å². The first-order chi connectivity index (χ1) is 9.54. The molecule has 0 spiro atoms. The fraction of sp³-hybridized carbons (Fsp3) is 0.500. The van der Waals surface area contributed by atoms with Crippen LogP contribution in [0.2, 0.25) is 0 Å². The van der Waals surface area contributed by atoms with Gasteiger partial charge in [0.05, 0.1) is 6.04 Å². The number of amides is 1. The highest BCUT2D eigenvalue weighted by Crippen LogP contribution is 2.27. The van der Waals surface area contributed by atoms with Crippen LogP contribution in [0.15, 0.2) is 24.3 Å². The third kappa shape index (κ3) is 3.07. The average Bonchev–Trinajstić information content (AvgIpc) is 2.73. The lowest BCUT2D eigenvalue weighted by Crippen LogP contribution is -2.34. The molecule has 2 rings (SSSR count). The number of hydrogen-bond donors (Lipinski definition) is 1. The fourth-order valence-corrected chi connectivity index (χ4v) is 2.85. The number of nitrogens with one attached hydrogen (secondary N) is 1. The standard InChI is InChI=1S/C14H19FN2O2S/c1-3-12-14(18)17(8-9-20(2)19)13(16-12)10-6-4-5-7-11(10)15/h4-7,12-13,16H,3,8-9H2,1-2H3. The summed E-state index contributed by atoms with van der Waals surface area (Å²) in [4.78, 5) is 13.9. The molecule has 0 aromatic heterocycles. The van der Waals surface area contributed by atoms with E-state index in [9.17, 15) is 13.4 Å². The van der Waals surface area contributed by atoms with E-state index in [2.05, 4.69) is 5.32 Å². The number of nitrogens with zero attached hydrogens (tertiary/aromatic N) is 1. The topological polar surface area (TPSA) is 49.4 Å². The lowest BCUT2D eigenvalue weighted by Gasteiger charge is -2.24. The van der Waals surface area contributed by atoms with E-state index in [1.807, 2.05) is 6.92 Å². The summed E-state index contributed by atoms with van der Waals surface area (Å²) in [6, 6.07) is 6.13. The third-order valence-corrected chi connectivity index (χ3v) is 4.24. The molecule has 20 heavy (non-hydrogen) atoms. The molecule has 6 heteroatoms. The first-order valence-electron chi connectivity index (χ1n) is 6.65. The minimum atomic E-state index is -0.982. The number of carbonyl (C=O) groups excluding carboxylic acids is 1. The highest BCUT2D eigenvalue weighted by Gasteiger charge is 2.39. The molecule has 1 heterocycles. The average molecular weight is 298 g/mol. The smallest absolute Gasteiger partial charge is 0.241 e. The van der Waals surface area contributed by atoms with Gasteiger partial charge in [0.1, 0.15) is 12.0 Å². The van der Waals surface area contributed by atoms with Gasteiger partial charge in [-0.3, -0.25) is 14.3 Å². The second kappa shape index (κ2) is 6.45. The molecule has 0 radical (unpaired) electrons. The normalized spacial score (nSPS) is 24.1. The Morgan fingerprint density at radius 1 is 1.40 bits per heavy atom. The molecule has 1 aromatic rings. The molecule has 1 aliphatic rings. The van der Waals surface area contributed by atoms with Crippen LogP contribution in [0.3, 0.4) is 0 Å². The molecule has 4 nitrogen and oxygen atoms in total. The second-order valence-corrected chi connectivity index (χ2v) is 6.42. The molecule has 1 aliphatic heterocycles. The summed E-state index contributed by atoms with van der Waals surface area (Å²) in [5.74, 6) is 0.0119. The predicted octanol–water partition coefficient (Wildman–Crippen LogP) is 1.41. The summed E-state index contributed by atoms with van der Waals surface area (Å²) in [6.07, 6.45) is 1.77. The third-order valence-electron chi connectivity index (χ3n) is 3.48. The zero-order valence-corrected chi connectivity index (χ0v) is 12.5. The van der Waals surface area contributed by atoms with Gasteiger partial charge in [-0.25, -0.2) is 4.39 Å². The molecule has 0 saturated carbocycles. The summed E-state index contributed by atoms with van der Waals surface area (Å²) in [5, 5.41) is 3.16. The zero-order valence-electron chi connectivity index (χ0n) is 11.6. The number of rotatable bonds is 5. The van der Waals surface area contributed by atoms with Crippen molar-refractivity contribution >= 4 is 16.7 Å². The molecule has 1 amide bonds. The van der Waals surface area contributed by atoms with Crippen molar-refractivity contribution in [3.05, 3.63) is 35.6 Å². The van der Waals surface area contributed by atoms with Gasteiger partial charge >= 0.3 is 0 Å². The Labute approximate surface area is 120 Å². The van der Waals surface area contributed by atoms with Crippen molar-refractivity contribution in [2.24, 2.45) is 0 Å². The first-order valence-corrected chi connectivity index (χ1v) is 8.38. The van der Waals surface area contributed by atoms with Gasteiger partial charge in [-0.2, -0.15) is 0 Å². The number of halogens is 1. The van der Waals surface area contributed by atoms with Crippen LogP contribution in [-0.4, -0.2) is 39.6 Å². The zero-order chi connectivity index (χ0) is 14.7. The quantitative estimate of drug-likeness (QED) is 0.894. The van der Waals surface area contributed by atoms with Crippen molar-refractivity contribution in [1.82, 2.24) is 10.2 Å². The van der Waals surface area contributed by atoms with E-state index in [-0.39, 0.29) is 17.8 Å². The number of carbonyl (C=O) groups is 1. The fourth-order valence-electron chi connectivity index (χ4n) is 2.39. The Bertz CT molecular complexity index is 524. The molecule has 3 unspecified atom stereocenters. The Kier molecular flexibility index (Phi) is 4.88. The molecule has 0 aliphatic carbocycles. The van der Waals surface area contributed by atoms with Crippen molar-refractivity contribution < 1.29 is 13.4 Å². The maximum Gasteiger partial charge on any atom is 0.241 e. The van der Waals surface area contributed by atoms with Gasteiger partial charge in [0.25, 0.3) is 0 Å². The van der Waals surface area contributed by atoms with E-state index in [0.717, 1.165) is 0 Å². The van der Waals surface area contributed by atoms with E-state index in [0.29, 0.717) is 24.3 Å². The largest absolute Gasteiger partial charge is 0.321 e. The van der Waals surface area contributed by atoms with Crippen molar-refractivity contribution in [3.63, 3.8) is 0 Å². The van der Waals surface area contributed by atoms with E-state index < -0.39 is 17.0 Å². The van der Waals surface area contributed by atoms with Crippen LogP contribution in [-0.2, 0) is 15.6 Å². The minimum Gasteiger partial charge on any atom is -0.321 e. The molecule has 1 N–H and O–H groups in total. The summed E-state index contributed by atoms with van der Waals surface area (Å²) in [6.45, 7) is 2.28. The van der Waals surface area contributed by atoms with Crippen molar-refractivity contribution in [2.45, 2.75) is 25.6 Å². The van der Waals surface area contributed by atoms with Crippen molar-refractivity contribution in [2.75, 3.05) is 18.6 Å². The van der Waals surface area contributed by atoms with Gasteiger partial charge < -0.3 is 4.90 Å². The highest BCUT2D eigenvalue weighted by molar-refractivity contribution is 7.84. The number of benzene rings is 1. The second-order valence-electron chi connectivity index (χ2n) is 4.86. The lowest BCUT2D eigenvalue weighted by atomic mass is 10.1. The highest BCUT2D eigenvalue weighted by atomic mass is 32.2. The maximum absolute atomic E-state index is 13.9. The number of hydrogen-bond acceptors (Lipinski definition) is 3. The Hall–Kier alpha value is -1.27. The van der Waals surface area contributed by atoms with Crippen LogP contribution >= 0.6 is 0 Å². The molecular formula is C14H19FN2O2S. The van der Waals surface area contributed by atoms with Crippen LogP contribution in [0.1, 0.15) is 25.1 Å². The molecule has 110 valence electrons. The molecule has 1 fully saturated rings. The van der Waals surface area contributed by atoms with Gasteiger partial charge in [-0.1, -0.05) is 25.1 Å². The van der Waals surface area contributed by atoms with Gasteiger partial charge in [0.15, 0.2) is 0 Å². The predicted molar refractivity (Wildman–Crippen MR) is 77.0 cm³/mol. The van der Waals surface area contributed by atoms with Gasteiger partial charge in [-0.15, -0.1) is 0 Å². The first kappa shape index (κ1) is 15.1. The van der Waals surface area contributed by atoms with Crippen LogP contribution < -0.4 is 5.32 Å². The van der Waals surface area contributed by atoms with E-state index in [4.69, 9.17) is 0 Å². The van der Waals surface area contributed by atoms with Gasteiger partial charge in [0.2, 0.25) is 5.91 Å². The van der Waals surface area contributed by atoms with Crippen LogP contribution in [0.25, 0.3) is 0 Å². The Balaban J connectivity index is 2.26. The summed E-state index contributed by atoms with van der Waals surface area (Å²) >= 11 is 0. The Morgan fingerprint density at radius 2 is 2.10 bits per heavy atom. The monoisotopic (exact) mass is 298 g/mol. The molecule has 1 saturated heterocycles. The van der Waals surface area contributed by atoms with Gasteiger partial charge in [0, 0.05) is 34.9 Å². The lowest BCUT2D eigenvalue weighted by molar-refractivity contribution is -0.129. The van der Waals surface area contributed by atoms with Crippen molar-refractivity contribution in [3.8, 4) is 0 Å². The summed E-state index contributed by atoms with van der Waals surface area (Å²) in [7, 11) is -0.982. The molecule has 0 bridgehead atoms.